The van der Waals surface area contributed by atoms with Crippen LogP contribution in [0.5, 0.6) is 0 Å². The quantitative estimate of drug-likeness (QED) is 0.774. The Morgan fingerprint density at radius 1 is 1.19 bits per heavy atom. The summed E-state index contributed by atoms with van der Waals surface area (Å²) in [5.74, 6) is 0.0233. The average molecular weight is 310 g/mol. The summed E-state index contributed by atoms with van der Waals surface area (Å²) in [5.41, 5.74) is 0.874. The Morgan fingerprint density at radius 3 is 2.38 bits per heavy atom. The molecule has 1 atom stereocenters. The lowest BCUT2D eigenvalue weighted by molar-refractivity contribution is -0.132. The largest absolute Gasteiger partial charge is 0.339 e. The number of carbonyl (C=O) groups is 1. The van der Waals surface area contributed by atoms with Gasteiger partial charge in [-0.15, -0.1) is 11.6 Å². The number of likely N-dealkylation sites (N-methyl/N-ethyl adjacent to an activating group) is 1. The van der Waals surface area contributed by atoms with E-state index in [2.05, 4.69) is 23.9 Å². The van der Waals surface area contributed by atoms with Crippen molar-refractivity contribution in [1.82, 2.24) is 14.7 Å². The molecule has 0 saturated carbocycles. The van der Waals surface area contributed by atoms with Gasteiger partial charge in [0.05, 0.1) is 0 Å². The van der Waals surface area contributed by atoms with Crippen molar-refractivity contribution >= 4 is 17.5 Å². The van der Waals surface area contributed by atoms with E-state index in [1.54, 1.807) is 0 Å². The summed E-state index contributed by atoms with van der Waals surface area (Å²) >= 11 is 6.32. The van der Waals surface area contributed by atoms with Gasteiger partial charge < -0.3 is 9.80 Å². The van der Waals surface area contributed by atoms with Gasteiger partial charge in [0.2, 0.25) is 5.91 Å². The Morgan fingerprint density at radius 2 is 1.81 bits per heavy atom. The lowest BCUT2D eigenvalue weighted by Crippen LogP contribution is -2.50. The molecule has 5 heteroatoms. The molecule has 1 aromatic rings. The van der Waals surface area contributed by atoms with Crippen LogP contribution in [-0.2, 0) is 4.79 Å². The topological polar surface area (TPSA) is 26.8 Å². The van der Waals surface area contributed by atoms with Crippen molar-refractivity contribution in [1.29, 1.82) is 0 Å². The van der Waals surface area contributed by atoms with Crippen LogP contribution in [0.25, 0.3) is 0 Å². The van der Waals surface area contributed by atoms with E-state index in [0.29, 0.717) is 0 Å². The maximum atomic E-state index is 12.4. The minimum atomic E-state index is -0.570. The van der Waals surface area contributed by atoms with E-state index in [-0.39, 0.29) is 5.91 Å². The summed E-state index contributed by atoms with van der Waals surface area (Å²) in [4.78, 5) is 18.9. The first-order chi connectivity index (χ1) is 10.1. The van der Waals surface area contributed by atoms with E-state index in [9.17, 15) is 4.79 Å². The molecule has 0 radical (unpaired) electrons. The van der Waals surface area contributed by atoms with Gasteiger partial charge in [-0.1, -0.05) is 30.3 Å². The number of carbonyl (C=O) groups excluding carboxylic acids is 1. The summed E-state index contributed by atoms with van der Waals surface area (Å²) in [6, 6.07) is 9.57. The van der Waals surface area contributed by atoms with E-state index in [1.165, 1.54) is 0 Å². The smallest absolute Gasteiger partial charge is 0.245 e. The molecule has 116 valence electrons. The van der Waals surface area contributed by atoms with Gasteiger partial charge in [-0.25, -0.2) is 0 Å². The predicted molar refractivity (Wildman–Crippen MR) is 86.6 cm³/mol. The molecule has 0 bridgehead atoms. The Bertz CT molecular complexity index is 444. The highest BCUT2D eigenvalue weighted by Crippen LogP contribution is 2.23. The fourth-order valence-corrected chi connectivity index (χ4v) is 2.74. The molecule has 1 aliphatic heterocycles. The molecule has 1 unspecified atom stereocenters. The van der Waals surface area contributed by atoms with E-state index >= 15 is 0 Å². The van der Waals surface area contributed by atoms with E-state index in [1.807, 2.05) is 35.2 Å². The van der Waals surface area contributed by atoms with Crippen LogP contribution in [0.15, 0.2) is 30.3 Å². The van der Waals surface area contributed by atoms with E-state index in [0.717, 1.165) is 44.8 Å². The lowest BCUT2D eigenvalue weighted by Gasteiger charge is -2.36. The van der Waals surface area contributed by atoms with Gasteiger partial charge >= 0.3 is 0 Å². The fourth-order valence-electron chi connectivity index (χ4n) is 2.46. The zero-order valence-electron chi connectivity index (χ0n) is 12.8. The predicted octanol–water partition coefficient (Wildman–Crippen LogP) is 1.67. The summed E-state index contributed by atoms with van der Waals surface area (Å²) in [6.07, 6.45) is 0. The maximum absolute atomic E-state index is 12.4. The van der Waals surface area contributed by atoms with Crippen molar-refractivity contribution in [3.05, 3.63) is 35.9 Å². The molecule has 1 aromatic carbocycles. The number of nitrogens with zero attached hydrogens (tertiary/aromatic N) is 3. The Balaban J connectivity index is 1.83. The van der Waals surface area contributed by atoms with Crippen LogP contribution in [0, 0.1) is 0 Å². The number of hydrogen-bond donors (Lipinski definition) is 0. The molecule has 0 aromatic heterocycles. The number of rotatable bonds is 5. The summed E-state index contributed by atoms with van der Waals surface area (Å²) in [7, 11) is 4.16. The highest BCUT2D eigenvalue weighted by atomic mass is 35.5. The van der Waals surface area contributed by atoms with Crippen molar-refractivity contribution in [2.75, 3.05) is 53.4 Å². The van der Waals surface area contributed by atoms with Crippen molar-refractivity contribution in [2.24, 2.45) is 0 Å². The fraction of sp³-hybridized carbons (Fsp3) is 0.562. The molecule has 21 heavy (non-hydrogen) atoms. The maximum Gasteiger partial charge on any atom is 0.245 e. The summed E-state index contributed by atoms with van der Waals surface area (Å²) < 4.78 is 0. The van der Waals surface area contributed by atoms with Crippen LogP contribution in [0.3, 0.4) is 0 Å². The van der Waals surface area contributed by atoms with Crippen molar-refractivity contribution < 1.29 is 4.79 Å². The number of alkyl halides is 1. The van der Waals surface area contributed by atoms with Crippen LogP contribution in [0.1, 0.15) is 10.9 Å². The van der Waals surface area contributed by atoms with Gasteiger partial charge in [0.15, 0.2) is 0 Å². The molecule has 4 nitrogen and oxygen atoms in total. The molecular weight excluding hydrogens is 286 g/mol. The van der Waals surface area contributed by atoms with Gasteiger partial charge in [0, 0.05) is 39.3 Å². The molecule has 1 fully saturated rings. The first-order valence-corrected chi connectivity index (χ1v) is 7.86. The van der Waals surface area contributed by atoms with Crippen LogP contribution < -0.4 is 0 Å². The Hall–Kier alpha value is -1.10. The Kier molecular flexibility index (Phi) is 6.03. The number of benzene rings is 1. The zero-order chi connectivity index (χ0) is 15.2. The third-order valence-electron chi connectivity index (χ3n) is 3.86. The van der Waals surface area contributed by atoms with E-state index < -0.39 is 5.38 Å². The molecular formula is C16H24ClN3O. The zero-order valence-corrected chi connectivity index (χ0v) is 13.6. The standard InChI is InChI=1S/C16H24ClN3O/c1-18(2)8-9-19-10-12-20(13-11-19)16(21)15(17)14-6-4-3-5-7-14/h3-7,15H,8-13H2,1-2H3. The molecule has 1 amide bonds. The second kappa shape index (κ2) is 7.78. The molecule has 1 aliphatic rings. The van der Waals surface area contributed by atoms with Gasteiger partial charge in [-0.05, 0) is 19.7 Å². The van der Waals surface area contributed by atoms with Crippen molar-refractivity contribution in [2.45, 2.75) is 5.38 Å². The van der Waals surface area contributed by atoms with Crippen LogP contribution >= 0.6 is 11.6 Å². The van der Waals surface area contributed by atoms with Gasteiger partial charge in [-0.3, -0.25) is 9.69 Å². The first-order valence-electron chi connectivity index (χ1n) is 7.43. The first kappa shape index (κ1) is 16.3. The molecule has 1 saturated heterocycles. The van der Waals surface area contributed by atoms with E-state index in [4.69, 9.17) is 11.6 Å². The van der Waals surface area contributed by atoms with Gasteiger partial charge in [-0.2, -0.15) is 0 Å². The van der Waals surface area contributed by atoms with Crippen LogP contribution in [0.4, 0.5) is 0 Å². The molecule has 0 spiro atoms. The highest BCUT2D eigenvalue weighted by molar-refractivity contribution is 6.30. The van der Waals surface area contributed by atoms with Crippen LogP contribution in [-0.4, -0.2) is 74.0 Å². The second-order valence-electron chi connectivity index (χ2n) is 5.74. The molecule has 2 rings (SSSR count). The number of amides is 1. The minimum absolute atomic E-state index is 0.0233. The minimum Gasteiger partial charge on any atom is -0.339 e. The molecule has 0 aliphatic carbocycles. The lowest BCUT2D eigenvalue weighted by atomic mass is 10.1. The third-order valence-corrected chi connectivity index (χ3v) is 4.30. The summed E-state index contributed by atoms with van der Waals surface area (Å²) in [5, 5.41) is -0.570. The number of piperazine rings is 1. The SMILES string of the molecule is CN(C)CCN1CCN(C(=O)C(Cl)c2ccccc2)CC1. The molecule has 1 heterocycles. The van der Waals surface area contributed by atoms with Gasteiger partial charge in [0.1, 0.15) is 5.38 Å². The number of halogens is 1. The number of hydrogen-bond acceptors (Lipinski definition) is 3. The Labute approximate surface area is 132 Å². The van der Waals surface area contributed by atoms with Crippen molar-refractivity contribution in [3.8, 4) is 0 Å². The monoisotopic (exact) mass is 309 g/mol. The van der Waals surface area contributed by atoms with Crippen molar-refractivity contribution in [3.63, 3.8) is 0 Å². The second-order valence-corrected chi connectivity index (χ2v) is 6.18. The summed E-state index contributed by atoms with van der Waals surface area (Å²) in [6.45, 7) is 5.49. The third kappa shape index (κ3) is 4.70. The van der Waals surface area contributed by atoms with Gasteiger partial charge in [0.25, 0.3) is 0 Å². The van der Waals surface area contributed by atoms with Crippen LogP contribution in [0.2, 0.25) is 0 Å². The molecule has 0 N–H and O–H groups in total. The average Bonchev–Trinajstić information content (AvgIpc) is 2.53. The normalized spacial score (nSPS) is 18.0. The highest BCUT2D eigenvalue weighted by Gasteiger charge is 2.26.